The molecule has 1 saturated carbocycles. The number of rotatable bonds is 5. The lowest BCUT2D eigenvalue weighted by Gasteiger charge is -2.20. The number of hydrogen-bond donors (Lipinski definition) is 0. The fourth-order valence-electron chi connectivity index (χ4n) is 3.16. The van der Waals surface area contributed by atoms with Crippen molar-refractivity contribution in [2.75, 3.05) is 13.7 Å². The number of urea groups is 1. The standard InChI is InChI=1S/C17H18N2O5/c1-24-13-8-6-11(7-9-13)14(20)10-18-15(21)16(22)19(17(18)23)12-4-2-3-5-12/h6-9,12H,2-5,10H2,1H3. The number of hydrogen-bond acceptors (Lipinski definition) is 5. The molecule has 7 nitrogen and oxygen atoms in total. The quantitative estimate of drug-likeness (QED) is 0.465. The third-order valence-electron chi connectivity index (χ3n) is 4.49. The molecule has 0 N–H and O–H groups in total. The second kappa shape index (κ2) is 6.43. The van der Waals surface area contributed by atoms with Gasteiger partial charge in [0.1, 0.15) is 5.75 Å². The number of carbonyl (C=O) groups is 4. The van der Waals surface area contributed by atoms with Crippen LogP contribution in [0.5, 0.6) is 5.75 Å². The summed E-state index contributed by atoms with van der Waals surface area (Å²) in [6, 6.07) is 5.45. The van der Waals surface area contributed by atoms with Gasteiger partial charge < -0.3 is 4.74 Å². The van der Waals surface area contributed by atoms with Gasteiger partial charge in [0.05, 0.1) is 13.7 Å². The van der Waals surface area contributed by atoms with E-state index >= 15 is 0 Å². The van der Waals surface area contributed by atoms with Crippen molar-refractivity contribution in [3.05, 3.63) is 29.8 Å². The molecule has 24 heavy (non-hydrogen) atoms. The monoisotopic (exact) mass is 330 g/mol. The van der Waals surface area contributed by atoms with E-state index in [9.17, 15) is 19.2 Å². The maximum atomic E-state index is 12.4. The van der Waals surface area contributed by atoms with Crippen molar-refractivity contribution in [3.63, 3.8) is 0 Å². The van der Waals surface area contributed by atoms with E-state index in [1.807, 2.05) is 0 Å². The van der Waals surface area contributed by atoms with Crippen molar-refractivity contribution in [3.8, 4) is 5.75 Å². The Hall–Kier alpha value is -2.70. The van der Waals surface area contributed by atoms with Gasteiger partial charge in [0.2, 0.25) is 0 Å². The summed E-state index contributed by atoms with van der Waals surface area (Å²) in [5.41, 5.74) is 0.350. The zero-order chi connectivity index (χ0) is 17.3. The number of amides is 4. The normalized spacial score (nSPS) is 18.6. The molecule has 4 amide bonds. The molecule has 0 bridgehead atoms. The van der Waals surface area contributed by atoms with Crippen LogP contribution in [0, 0.1) is 0 Å². The minimum absolute atomic E-state index is 0.227. The van der Waals surface area contributed by atoms with Gasteiger partial charge in [0, 0.05) is 11.6 Å². The molecular weight excluding hydrogens is 312 g/mol. The fraction of sp³-hybridized carbons (Fsp3) is 0.412. The number of ether oxygens (including phenoxy) is 1. The van der Waals surface area contributed by atoms with E-state index in [0.29, 0.717) is 24.2 Å². The summed E-state index contributed by atoms with van der Waals surface area (Å²) in [6.07, 6.45) is 3.29. The molecule has 2 aliphatic rings. The molecule has 1 aromatic rings. The second-order valence-electron chi connectivity index (χ2n) is 5.94. The average molecular weight is 330 g/mol. The highest BCUT2D eigenvalue weighted by Crippen LogP contribution is 2.27. The fourth-order valence-corrected chi connectivity index (χ4v) is 3.16. The van der Waals surface area contributed by atoms with Gasteiger partial charge in [-0.2, -0.15) is 0 Å². The SMILES string of the molecule is COc1ccc(C(=O)CN2C(=O)C(=O)N(C3CCCC3)C2=O)cc1. The maximum absolute atomic E-state index is 12.4. The first-order valence-corrected chi connectivity index (χ1v) is 7.89. The molecule has 3 rings (SSSR count). The van der Waals surface area contributed by atoms with Gasteiger partial charge in [0.25, 0.3) is 0 Å². The minimum atomic E-state index is -0.922. The number of carbonyl (C=O) groups excluding carboxylic acids is 4. The zero-order valence-electron chi connectivity index (χ0n) is 13.4. The summed E-state index contributed by atoms with van der Waals surface area (Å²) in [5, 5.41) is 0. The van der Waals surface area contributed by atoms with Crippen LogP contribution in [-0.4, -0.2) is 53.1 Å². The van der Waals surface area contributed by atoms with Crippen molar-refractivity contribution >= 4 is 23.6 Å². The second-order valence-corrected chi connectivity index (χ2v) is 5.94. The Labute approximate surface area is 139 Å². The summed E-state index contributed by atoms with van der Waals surface area (Å²) in [4.78, 5) is 50.7. The number of imide groups is 2. The smallest absolute Gasteiger partial charge is 0.334 e. The summed E-state index contributed by atoms with van der Waals surface area (Å²) in [7, 11) is 1.52. The van der Waals surface area contributed by atoms with Crippen molar-refractivity contribution in [1.29, 1.82) is 0 Å². The van der Waals surface area contributed by atoms with Crippen LogP contribution in [0.15, 0.2) is 24.3 Å². The molecule has 2 fully saturated rings. The van der Waals surface area contributed by atoms with E-state index in [0.717, 1.165) is 22.6 Å². The van der Waals surface area contributed by atoms with Crippen LogP contribution in [0.1, 0.15) is 36.0 Å². The average Bonchev–Trinajstić information content (AvgIpc) is 3.18. The van der Waals surface area contributed by atoms with Crippen LogP contribution >= 0.6 is 0 Å². The molecule has 1 aliphatic heterocycles. The van der Waals surface area contributed by atoms with Gasteiger partial charge in [-0.1, -0.05) is 12.8 Å². The Kier molecular flexibility index (Phi) is 4.33. The van der Waals surface area contributed by atoms with Crippen LogP contribution in [0.3, 0.4) is 0 Å². The van der Waals surface area contributed by atoms with E-state index in [-0.39, 0.29) is 6.04 Å². The minimum Gasteiger partial charge on any atom is -0.497 e. The molecule has 1 aromatic carbocycles. The molecular formula is C17H18N2O5. The van der Waals surface area contributed by atoms with Crippen molar-refractivity contribution in [1.82, 2.24) is 9.80 Å². The number of ketones is 1. The van der Waals surface area contributed by atoms with Gasteiger partial charge in [-0.05, 0) is 37.1 Å². The predicted octanol–water partition coefficient (Wildman–Crippen LogP) is 1.61. The van der Waals surface area contributed by atoms with Gasteiger partial charge in [-0.25, -0.2) is 9.69 Å². The molecule has 0 aromatic heterocycles. The third kappa shape index (κ3) is 2.77. The maximum Gasteiger partial charge on any atom is 0.334 e. The van der Waals surface area contributed by atoms with Gasteiger partial charge in [-0.15, -0.1) is 0 Å². The highest BCUT2D eigenvalue weighted by molar-refractivity contribution is 6.45. The van der Waals surface area contributed by atoms with Gasteiger partial charge in [0.15, 0.2) is 5.78 Å². The lowest BCUT2D eigenvalue weighted by Crippen LogP contribution is -2.41. The molecule has 0 radical (unpaired) electrons. The largest absolute Gasteiger partial charge is 0.497 e. The summed E-state index contributed by atoms with van der Waals surface area (Å²) in [5.74, 6) is -1.55. The first-order chi connectivity index (χ1) is 11.5. The molecule has 0 spiro atoms. The number of methoxy groups -OCH3 is 1. The Morgan fingerprint density at radius 3 is 2.29 bits per heavy atom. The molecule has 7 heteroatoms. The molecule has 126 valence electrons. The van der Waals surface area contributed by atoms with Crippen LogP contribution in [0.2, 0.25) is 0 Å². The van der Waals surface area contributed by atoms with Crippen molar-refractivity contribution < 1.29 is 23.9 Å². The van der Waals surface area contributed by atoms with Crippen molar-refractivity contribution in [2.24, 2.45) is 0 Å². The lowest BCUT2D eigenvalue weighted by atomic mass is 10.1. The van der Waals surface area contributed by atoms with E-state index in [4.69, 9.17) is 4.74 Å². The van der Waals surface area contributed by atoms with Gasteiger partial charge >= 0.3 is 17.8 Å². The predicted molar refractivity (Wildman–Crippen MR) is 83.5 cm³/mol. The van der Waals surface area contributed by atoms with E-state index in [1.54, 1.807) is 24.3 Å². The van der Waals surface area contributed by atoms with Crippen LogP contribution < -0.4 is 4.74 Å². The molecule has 0 atom stereocenters. The van der Waals surface area contributed by atoms with E-state index in [2.05, 4.69) is 0 Å². The summed E-state index contributed by atoms with van der Waals surface area (Å²) >= 11 is 0. The highest BCUT2D eigenvalue weighted by Gasteiger charge is 2.48. The van der Waals surface area contributed by atoms with Crippen molar-refractivity contribution in [2.45, 2.75) is 31.7 Å². The van der Waals surface area contributed by atoms with Crippen LogP contribution in [0.25, 0.3) is 0 Å². The summed E-state index contributed by atoms with van der Waals surface area (Å²) in [6.45, 7) is -0.432. The molecule has 1 saturated heterocycles. The van der Waals surface area contributed by atoms with E-state index in [1.165, 1.54) is 7.11 Å². The van der Waals surface area contributed by atoms with Crippen LogP contribution in [-0.2, 0) is 9.59 Å². The Morgan fingerprint density at radius 2 is 1.71 bits per heavy atom. The topological polar surface area (TPSA) is 84.0 Å². The first-order valence-electron chi connectivity index (χ1n) is 7.89. The Morgan fingerprint density at radius 1 is 1.08 bits per heavy atom. The van der Waals surface area contributed by atoms with Crippen LogP contribution in [0.4, 0.5) is 4.79 Å². The van der Waals surface area contributed by atoms with Gasteiger partial charge in [-0.3, -0.25) is 19.3 Å². The molecule has 0 unspecified atom stereocenters. The zero-order valence-corrected chi connectivity index (χ0v) is 13.4. The van der Waals surface area contributed by atoms with E-state index < -0.39 is 30.2 Å². The number of benzene rings is 1. The highest BCUT2D eigenvalue weighted by atomic mass is 16.5. The molecule has 1 heterocycles. The summed E-state index contributed by atoms with van der Waals surface area (Å²) < 4.78 is 5.02. The first kappa shape index (κ1) is 16.2. The Bertz CT molecular complexity index is 691. The number of Topliss-reactive ketones (excluding diaryl/α,β-unsaturated/α-hetero) is 1. The number of nitrogens with zero attached hydrogens (tertiary/aromatic N) is 2. The molecule has 1 aliphatic carbocycles. The lowest BCUT2D eigenvalue weighted by molar-refractivity contribution is -0.143. The Balaban J connectivity index is 1.73. The third-order valence-corrected chi connectivity index (χ3v) is 4.49.